The first-order valence-electron chi connectivity index (χ1n) is 9.09. The Hall–Kier alpha value is -2.54. The molecule has 0 unspecified atom stereocenters. The van der Waals surface area contributed by atoms with Crippen LogP contribution in [-0.4, -0.2) is 60.3 Å². The van der Waals surface area contributed by atoms with Gasteiger partial charge in [-0.25, -0.2) is 0 Å². The predicted molar refractivity (Wildman–Crippen MR) is 103 cm³/mol. The summed E-state index contributed by atoms with van der Waals surface area (Å²) in [7, 11) is 0. The van der Waals surface area contributed by atoms with Crippen LogP contribution in [0.1, 0.15) is 18.3 Å². The van der Waals surface area contributed by atoms with Crippen LogP contribution in [0.5, 0.6) is 5.75 Å². The molecule has 0 spiro atoms. The molecule has 0 aliphatic carbocycles. The van der Waals surface area contributed by atoms with Gasteiger partial charge in [0.2, 0.25) is 5.91 Å². The van der Waals surface area contributed by atoms with Crippen LogP contribution in [0, 0.1) is 13.8 Å². The van der Waals surface area contributed by atoms with E-state index in [0.717, 1.165) is 43.3 Å². The van der Waals surface area contributed by atoms with E-state index in [9.17, 15) is 4.79 Å². The van der Waals surface area contributed by atoms with E-state index in [-0.39, 0.29) is 5.91 Å². The average molecular weight is 357 g/mol. The number of nitrogens with zero attached hydrogens (tertiary/aromatic N) is 3. The highest BCUT2D eigenvalue weighted by atomic mass is 16.5. The molecule has 3 rings (SSSR count). The standard InChI is InChI=1S/C19H27N5O2/c1-4-26-17-8-6-5-7-16(17)20-18(25)13-23-9-11-24(12-10-23)19-14(2)21-22-15(19)3/h5-8H,4,9-13H2,1-3H3,(H,20,25)(H,21,22). The van der Waals surface area contributed by atoms with Gasteiger partial charge >= 0.3 is 0 Å². The number of benzene rings is 1. The maximum absolute atomic E-state index is 12.4. The van der Waals surface area contributed by atoms with Crippen LogP contribution < -0.4 is 15.0 Å². The molecule has 1 aromatic heterocycles. The highest BCUT2D eigenvalue weighted by molar-refractivity contribution is 5.93. The Bertz CT molecular complexity index is 731. The maximum atomic E-state index is 12.4. The van der Waals surface area contributed by atoms with Gasteiger partial charge in [-0.2, -0.15) is 5.10 Å². The van der Waals surface area contributed by atoms with Crippen molar-refractivity contribution in [3.8, 4) is 5.75 Å². The number of amides is 1. The Balaban J connectivity index is 1.52. The maximum Gasteiger partial charge on any atom is 0.238 e. The second-order valence-corrected chi connectivity index (χ2v) is 6.52. The van der Waals surface area contributed by atoms with E-state index >= 15 is 0 Å². The smallest absolute Gasteiger partial charge is 0.238 e. The molecule has 1 aliphatic heterocycles. The largest absolute Gasteiger partial charge is 0.492 e. The molecular weight excluding hydrogens is 330 g/mol. The quantitative estimate of drug-likeness (QED) is 0.829. The molecule has 1 fully saturated rings. The van der Waals surface area contributed by atoms with Crippen molar-refractivity contribution >= 4 is 17.3 Å². The molecule has 7 heteroatoms. The van der Waals surface area contributed by atoms with Gasteiger partial charge in [-0.3, -0.25) is 14.8 Å². The fourth-order valence-corrected chi connectivity index (χ4v) is 3.38. The van der Waals surface area contributed by atoms with Gasteiger partial charge in [0.25, 0.3) is 0 Å². The van der Waals surface area contributed by atoms with Gasteiger partial charge in [0.1, 0.15) is 5.75 Å². The number of rotatable bonds is 6. The summed E-state index contributed by atoms with van der Waals surface area (Å²) in [5.74, 6) is 0.695. The zero-order valence-corrected chi connectivity index (χ0v) is 15.7. The number of aromatic nitrogens is 2. The lowest BCUT2D eigenvalue weighted by Gasteiger charge is -2.35. The number of aryl methyl sites for hydroxylation is 2. The third-order valence-corrected chi connectivity index (χ3v) is 4.61. The topological polar surface area (TPSA) is 73.5 Å². The molecule has 1 aliphatic rings. The van der Waals surface area contributed by atoms with Crippen LogP contribution in [0.15, 0.2) is 24.3 Å². The van der Waals surface area contributed by atoms with Crippen LogP contribution in [0.25, 0.3) is 0 Å². The zero-order chi connectivity index (χ0) is 18.5. The van der Waals surface area contributed by atoms with E-state index in [1.54, 1.807) is 0 Å². The third-order valence-electron chi connectivity index (χ3n) is 4.61. The van der Waals surface area contributed by atoms with Crippen LogP contribution in [0.4, 0.5) is 11.4 Å². The lowest BCUT2D eigenvalue weighted by atomic mass is 10.2. The van der Waals surface area contributed by atoms with Crippen LogP contribution in [0.2, 0.25) is 0 Å². The lowest BCUT2D eigenvalue weighted by molar-refractivity contribution is -0.117. The minimum absolute atomic E-state index is 0.0127. The summed E-state index contributed by atoms with van der Waals surface area (Å²) in [6, 6.07) is 7.53. The zero-order valence-electron chi connectivity index (χ0n) is 15.7. The number of aromatic amines is 1. The van der Waals surface area contributed by atoms with E-state index < -0.39 is 0 Å². The van der Waals surface area contributed by atoms with Crippen molar-refractivity contribution in [1.82, 2.24) is 15.1 Å². The molecule has 1 amide bonds. The highest BCUT2D eigenvalue weighted by Crippen LogP contribution is 2.24. The highest BCUT2D eigenvalue weighted by Gasteiger charge is 2.22. The predicted octanol–water partition coefficient (Wildman–Crippen LogP) is 2.19. The van der Waals surface area contributed by atoms with Gasteiger partial charge < -0.3 is 15.0 Å². The third kappa shape index (κ3) is 4.16. The molecule has 26 heavy (non-hydrogen) atoms. The van der Waals surface area contributed by atoms with E-state index in [2.05, 4.69) is 25.3 Å². The minimum atomic E-state index is -0.0127. The molecule has 140 valence electrons. The number of carbonyl (C=O) groups is 1. The fraction of sp³-hybridized carbons (Fsp3) is 0.474. The van der Waals surface area contributed by atoms with Gasteiger partial charge in [0, 0.05) is 26.2 Å². The molecule has 0 radical (unpaired) electrons. The number of H-pyrrole nitrogens is 1. The van der Waals surface area contributed by atoms with E-state index in [0.29, 0.717) is 18.9 Å². The molecule has 0 atom stereocenters. The number of para-hydroxylation sites is 2. The number of hydrogen-bond acceptors (Lipinski definition) is 5. The van der Waals surface area contributed by atoms with E-state index in [1.165, 1.54) is 5.69 Å². The Morgan fingerprint density at radius 3 is 2.62 bits per heavy atom. The van der Waals surface area contributed by atoms with Crippen LogP contribution >= 0.6 is 0 Å². The van der Waals surface area contributed by atoms with Gasteiger partial charge in [-0.1, -0.05) is 12.1 Å². The van der Waals surface area contributed by atoms with Crippen molar-refractivity contribution in [2.75, 3.05) is 49.5 Å². The Labute approximate surface area is 154 Å². The number of nitrogens with one attached hydrogen (secondary N) is 2. The number of piperazine rings is 1. The molecule has 2 N–H and O–H groups in total. The van der Waals surface area contributed by atoms with Gasteiger partial charge in [-0.15, -0.1) is 0 Å². The molecule has 2 heterocycles. The fourth-order valence-electron chi connectivity index (χ4n) is 3.38. The molecule has 1 aromatic carbocycles. The lowest BCUT2D eigenvalue weighted by Crippen LogP contribution is -2.49. The first-order valence-corrected chi connectivity index (χ1v) is 9.09. The molecule has 2 aromatic rings. The van der Waals surface area contributed by atoms with Crippen molar-refractivity contribution in [3.63, 3.8) is 0 Å². The summed E-state index contributed by atoms with van der Waals surface area (Å²) in [5.41, 5.74) is 4.05. The average Bonchev–Trinajstić information content (AvgIpc) is 2.96. The molecule has 1 saturated heterocycles. The Morgan fingerprint density at radius 2 is 1.96 bits per heavy atom. The second kappa shape index (κ2) is 8.23. The molecule has 7 nitrogen and oxygen atoms in total. The number of hydrogen-bond donors (Lipinski definition) is 2. The van der Waals surface area contributed by atoms with Crippen molar-refractivity contribution < 1.29 is 9.53 Å². The van der Waals surface area contributed by atoms with Crippen molar-refractivity contribution in [2.45, 2.75) is 20.8 Å². The Kier molecular flexibility index (Phi) is 5.78. The SMILES string of the molecule is CCOc1ccccc1NC(=O)CN1CCN(c2c(C)n[nH]c2C)CC1. The van der Waals surface area contributed by atoms with Gasteiger partial charge in [0.15, 0.2) is 0 Å². The molecule has 0 bridgehead atoms. The van der Waals surface area contributed by atoms with Crippen molar-refractivity contribution in [1.29, 1.82) is 0 Å². The number of anilines is 2. The number of ether oxygens (including phenoxy) is 1. The summed E-state index contributed by atoms with van der Waals surface area (Å²) < 4.78 is 5.56. The first-order chi connectivity index (χ1) is 12.6. The van der Waals surface area contributed by atoms with Gasteiger partial charge in [-0.05, 0) is 32.9 Å². The van der Waals surface area contributed by atoms with Crippen molar-refractivity contribution in [3.05, 3.63) is 35.7 Å². The summed E-state index contributed by atoms with van der Waals surface area (Å²) in [5, 5.41) is 10.3. The van der Waals surface area contributed by atoms with Crippen LogP contribution in [-0.2, 0) is 4.79 Å². The van der Waals surface area contributed by atoms with E-state index in [4.69, 9.17) is 4.74 Å². The normalized spacial score (nSPS) is 15.1. The summed E-state index contributed by atoms with van der Waals surface area (Å²) in [6.07, 6.45) is 0. The summed E-state index contributed by atoms with van der Waals surface area (Å²) in [4.78, 5) is 16.9. The minimum Gasteiger partial charge on any atom is -0.492 e. The molecule has 0 saturated carbocycles. The number of carbonyl (C=O) groups excluding carboxylic acids is 1. The Morgan fingerprint density at radius 1 is 1.23 bits per heavy atom. The van der Waals surface area contributed by atoms with E-state index in [1.807, 2.05) is 45.0 Å². The van der Waals surface area contributed by atoms with Crippen LogP contribution in [0.3, 0.4) is 0 Å². The van der Waals surface area contributed by atoms with Gasteiger partial charge in [0.05, 0.1) is 35.9 Å². The summed E-state index contributed by atoms with van der Waals surface area (Å²) in [6.45, 7) is 10.4. The molecular formula is C19H27N5O2. The first kappa shape index (κ1) is 18.3. The monoisotopic (exact) mass is 357 g/mol. The summed E-state index contributed by atoms with van der Waals surface area (Å²) >= 11 is 0. The second-order valence-electron chi connectivity index (χ2n) is 6.52. The van der Waals surface area contributed by atoms with Crippen molar-refractivity contribution in [2.24, 2.45) is 0 Å².